The maximum Gasteiger partial charge on any atom is 0.210 e. The molecule has 0 bridgehead atoms. The fourth-order valence-electron chi connectivity index (χ4n) is 3.63. The van der Waals surface area contributed by atoms with E-state index in [0.717, 1.165) is 25.7 Å². The lowest BCUT2D eigenvalue weighted by molar-refractivity contribution is -0.122. The fourth-order valence-corrected chi connectivity index (χ4v) is 3.63. The molecular formula is C17H22N2O. The van der Waals surface area contributed by atoms with Gasteiger partial charge >= 0.3 is 0 Å². The summed E-state index contributed by atoms with van der Waals surface area (Å²) >= 11 is 0. The van der Waals surface area contributed by atoms with Crippen molar-refractivity contribution in [2.75, 3.05) is 0 Å². The topological polar surface area (TPSA) is 24.7 Å². The molecule has 3 rings (SSSR count). The number of rotatable bonds is 3. The monoisotopic (exact) mass is 270 g/mol. The van der Waals surface area contributed by atoms with Gasteiger partial charge in [0, 0.05) is 23.4 Å². The van der Waals surface area contributed by atoms with E-state index in [1.54, 1.807) is 0 Å². The summed E-state index contributed by atoms with van der Waals surface area (Å²) < 4.78 is 2.31. The van der Waals surface area contributed by atoms with Gasteiger partial charge in [-0.2, -0.15) is 0 Å². The van der Waals surface area contributed by atoms with Gasteiger partial charge in [0.15, 0.2) is 0 Å². The molecule has 1 aliphatic rings. The lowest BCUT2D eigenvalue weighted by atomic mass is 9.89. The van der Waals surface area contributed by atoms with E-state index in [9.17, 15) is 4.79 Å². The lowest BCUT2D eigenvalue weighted by Crippen LogP contribution is -2.35. The highest BCUT2D eigenvalue weighted by molar-refractivity contribution is 5.63. The Bertz CT molecular complexity index is 642. The first-order valence-electron chi connectivity index (χ1n) is 7.46. The van der Waals surface area contributed by atoms with Crippen molar-refractivity contribution < 1.29 is 4.79 Å². The molecule has 20 heavy (non-hydrogen) atoms. The second-order valence-electron chi connectivity index (χ2n) is 6.00. The van der Waals surface area contributed by atoms with Gasteiger partial charge in [-0.1, -0.05) is 6.07 Å². The normalized spacial score (nSPS) is 18.3. The Labute approximate surface area is 120 Å². The largest absolute Gasteiger partial charge is 0.336 e. The van der Waals surface area contributed by atoms with Crippen LogP contribution in [0.5, 0.6) is 0 Å². The summed E-state index contributed by atoms with van der Waals surface area (Å²) in [6.45, 7) is 6.37. The molecule has 0 saturated heterocycles. The molecule has 1 atom stereocenters. The lowest BCUT2D eigenvalue weighted by Gasteiger charge is -2.35. The Morgan fingerprint density at radius 3 is 2.90 bits per heavy atom. The number of nitrogens with zero attached hydrogens (tertiary/aromatic N) is 2. The van der Waals surface area contributed by atoms with Crippen LogP contribution in [0, 0.1) is 6.92 Å². The molecule has 2 aromatic heterocycles. The summed E-state index contributed by atoms with van der Waals surface area (Å²) in [6.07, 6.45) is 6.49. The molecule has 3 nitrogen and oxygen atoms in total. The highest BCUT2D eigenvalue weighted by Crippen LogP contribution is 2.39. The first kappa shape index (κ1) is 13.2. The zero-order chi connectivity index (χ0) is 14.3. The number of carbonyl (C=O) groups excluding carboxylic acids is 1. The molecule has 0 aromatic carbocycles. The highest BCUT2D eigenvalue weighted by Gasteiger charge is 2.31. The van der Waals surface area contributed by atoms with E-state index in [2.05, 4.69) is 49.6 Å². The number of aryl methyl sites for hydroxylation is 2. The van der Waals surface area contributed by atoms with Crippen LogP contribution in [0.4, 0.5) is 0 Å². The van der Waals surface area contributed by atoms with Crippen molar-refractivity contribution in [3.63, 3.8) is 0 Å². The summed E-state index contributed by atoms with van der Waals surface area (Å²) in [4.78, 5) is 13.5. The molecule has 1 amide bonds. The highest BCUT2D eigenvalue weighted by atomic mass is 16.1. The summed E-state index contributed by atoms with van der Waals surface area (Å²) in [7, 11) is 0. The van der Waals surface area contributed by atoms with Crippen molar-refractivity contribution in [2.45, 2.75) is 52.1 Å². The smallest absolute Gasteiger partial charge is 0.210 e. The molecule has 3 heteroatoms. The van der Waals surface area contributed by atoms with E-state index in [1.807, 2.05) is 4.90 Å². The number of amides is 1. The summed E-state index contributed by atoms with van der Waals surface area (Å²) in [5, 5.41) is 0. The number of pyridine rings is 1. The Hall–Kier alpha value is -1.77. The third-order valence-corrected chi connectivity index (χ3v) is 4.55. The van der Waals surface area contributed by atoms with Gasteiger partial charge in [-0.15, -0.1) is 0 Å². The van der Waals surface area contributed by atoms with Crippen LogP contribution >= 0.6 is 0 Å². The van der Waals surface area contributed by atoms with Crippen LogP contribution in [0.15, 0.2) is 24.4 Å². The van der Waals surface area contributed by atoms with Gasteiger partial charge in [0.25, 0.3) is 0 Å². The van der Waals surface area contributed by atoms with Crippen LogP contribution < -0.4 is 0 Å². The molecule has 2 heterocycles. The van der Waals surface area contributed by atoms with E-state index >= 15 is 0 Å². The number of fused-ring (bicyclic) bond motifs is 3. The minimum Gasteiger partial charge on any atom is -0.336 e. The van der Waals surface area contributed by atoms with E-state index in [4.69, 9.17) is 0 Å². The zero-order valence-corrected chi connectivity index (χ0v) is 12.5. The van der Waals surface area contributed by atoms with Gasteiger partial charge in [-0.05, 0) is 63.3 Å². The Balaban J connectivity index is 2.20. The fraction of sp³-hybridized carbons (Fsp3) is 0.471. The molecule has 0 spiro atoms. The van der Waals surface area contributed by atoms with Crippen molar-refractivity contribution in [2.24, 2.45) is 0 Å². The van der Waals surface area contributed by atoms with Gasteiger partial charge in [0.2, 0.25) is 6.41 Å². The van der Waals surface area contributed by atoms with Crippen LogP contribution in [-0.4, -0.2) is 21.8 Å². The number of hydrogen-bond acceptors (Lipinski definition) is 1. The molecule has 2 aromatic rings. The quantitative estimate of drug-likeness (QED) is 0.784. The van der Waals surface area contributed by atoms with Crippen molar-refractivity contribution in [3.8, 4) is 0 Å². The van der Waals surface area contributed by atoms with Gasteiger partial charge < -0.3 is 9.30 Å². The van der Waals surface area contributed by atoms with Crippen molar-refractivity contribution >= 4 is 11.9 Å². The van der Waals surface area contributed by atoms with Crippen LogP contribution in [0.1, 0.15) is 49.6 Å². The predicted molar refractivity (Wildman–Crippen MR) is 80.9 cm³/mol. The van der Waals surface area contributed by atoms with Crippen LogP contribution in [-0.2, 0) is 11.2 Å². The summed E-state index contributed by atoms with van der Waals surface area (Å²) in [6, 6.07) is 6.81. The first-order valence-corrected chi connectivity index (χ1v) is 7.46. The van der Waals surface area contributed by atoms with Gasteiger partial charge in [-0.3, -0.25) is 4.79 Å². The van der Waals surface area contributed by atoms with Gasteiger partial charge in [0.05, 0.1) is 6.04 Å². The SMILES string of the molecule is Cc1c2c(n3ccccc13)CCCC2N(C=O)C(C)C. The van der Waals surface area contributed by atoms with Gasteiger partial charge in [-0.25, -0.2) is 0 Å². The second-order valence-corrected chi connectivity index (χ2v) is 6.00. The maximum absolute atomic E-state index is 11.5. The van der Waals surface area contributed by atoms with Gasteiger partial charge in [0.1, 0.15) is 0 Å². The zero-order valence-electron chi connectivity index (χ0n) is 12.5. The Morgan fingerprint density at radius 1 is 1.40 bits per heavy atom. The third kappa shape index (κ3) is 1.84. The minimum atomic E-state index is 0.233. The molecule has 0 saturated carbocycles. The molecule has 1 unspecified atom stereocenters. The Kier molecular flexibility index (Phi) is 3.28. The summed E-state index contributed by atoms with van der Waals surface area (Å²) in [5.41, 5.74) is 5.38. The van der Waals surface area contributed by atoms with E-state index in [-0.39, 0.29) is 12.1 Å². The number of aromatic nitrogens is 1. The predicted octanol–water partition coefficient (Wildman–Crippen LogP) is 3.49. The minimum absolute atomic E-state index is 0.233. The average molecular weight is 270 g/mol. The second kappa shape index (κ2) is 4.97. The molecule has 0 fully saturated rings. The molecule has 0 aliphatic heterocycles. The number of hydrogen-bond donors (Lipinski definition) is 0. The first-order chi connectivity index (χ1) is 9.65. The van der Waals surface area contributed by atoms with Crippen LogP contribution in [0.2, 0.25) is 0 Å². The standard InChI is InChI=1S/C17H22N2O/c1-12(2)19(11-20)16-9-6-8-15-17(16)13(3)14-7-4-5-10-18(14)15/h4-5,7,10-12,16H,6,8-9H2,1-3H3. The maximum atomic E-state index is 11.5. The molecule has 0 radical (unpaired) electrons. The Morgan fingerprint density at radius 2 is 2.20 bits per heavy atom. The molecule has 106 valence electrons. The third-order valence-electron chi connectivity index (χ3n) is 4.55. The van der Waals surface area contributed by atoms with E-state index < -0.39 is 0 Å². The van der Waals surface area contributed by atoms with Crippen molar-refractivity contribution in [3.05, 3.63) is 41.2 Å². The average Bonchev–Trinajstić information content (AvgIpc) is 2.74. The molecule has 1 aliphatic carbocycles. The molecule has 0 N–H and O–H groups in total. The summed E-state index contributed by atoms with van der Waals surface area (Å²) in [5.74, 6) is 0. The molecular weight excluding hydrogens is 248 g/mol. The van der Waals surface area contributed by atoms with E-state index in [1.165, 1.54) is 22.3 Å². The van der Waals surface area contributed by atoms with Crippen LogP contribution in [0.3, 0.4) is 0 Å². The van der Waals surface area contributed by atoms with Crippen molar-refractivity contribution in [1.29, 1.82) is 0 Å². The van der Waals surface area contributed by atoms with Crippen LogP contribution in [0.25, 0.3) is 5.52 Å². The van der Waals surface area contributed by atoms with Crippen molar-refractivity contribution in [1.82, 2.24) is 9.30 Å². The van der Waals surface area contributed by atoms with E-state index in [0.29, 0.717) is 0 Å². The number of carbonyl (C=O) groups is 1.